The van der Waals surface area contributed by atoms with Gasteiger partial charge >= 0.3 is 0 Å². The Hall–Kier alpha value is -0.900. The Balaban J connectivity index is 2.03. The van der Waals surface area contributed by atoms with Gasteiger partial charge in [0.25, 0.3) is 0 Å². The molecule has 0 amide bonds. The van der Waals surface area contributed by atoms with Crippen molar-refractivity contribution in [1.29, 1.82) is 0 Å². The first kappa shape index (κ1) is 12.6. The third-order valence-corrected chi connectivity index (χ3v) is 4.03. The minimum Gasteiger partial charge on any atom is -0.305 e. The molecule has 0 aliphatic rings. The summed E-state index contributed by atoms with van der Waals surface area (Å²) in [6.45, 7) is 2.49. The van der Waals surface area contributed by atoms with Gasteiger partial charge in [0.05, 0.1) is 0 Å². The molecule has 0 aliphatic heterocycles. The molecule has 0 radical (unpaired) electrons. The lowest BCUT2D eigenvalue weighted by Gasteiger charge is -2.13. The van der Waals surface area contributed by atoms with Crippen molar-refractivity contribution >= 4 is 22.9 Å². The van der Waals surface area contributed by atoms with Gasteiger partial charge in [0.1, 0.15) is 5.82 Å². The van der Waals surface area contributed by atoms with E-state index in [0.717, 1.165) is 0 Å². The van der Waals surface area contributed by atoms with E-state index >= 15 is 0 Å². The number of hydrogen-bond acceptors (Lipinski definition) is 2. The Kier molecular flexibility index (Phi) is 4.15. The average Bonchev–Trinajstić information content (AvgIpc) is 2.81. The Morgan fingerprint density at radius 3 is 2.82 bits per heavy atom. The molecule has 1 unspecified atom stereocenters. The molecule has 1 heterocycles. The fourth-order valence-electron chi connectivity index (χ4n) is 1.59. The number of nitrogens with one attached hydrogen (secondary N) is 1. The molecule has 17 heavy (non-hydrogen) atoms. The van der Waals surface area contributed by atoms with Crippen molar-refractivity contribution in [1.82, 2.24) is 5.32 Å². The number of thiophene rings is 1. The maximum atomic E-state index is 13.5. The van der Waals surface area contributed by atoms with Crippen LogP contribution in [0.15, 0.2) is 35.7 Å². The van der Waals surface area contributed by atoms with E-state index in [1.165, 1.54) is 10.9 Å². The Bertz CT molecular complexity index is 464. The topological polar surface area (TPSA) is 12.0 Å². The summed E-state index contributed by atoms with van der Waals surface area (Å²) in [7, 11) is 0. The molecule has 0 saturated heterocycles. The molecule has 1 N–H and O–H groups in total. The smallest absolute Gasteiger partial charge is 0.129 e. The highest BCUT2D eigenvalue weighted by Gasteiger charge is 2.10. The van der Waals surface area contributed by atoms with Crippen molar-refractivity contribution in [2.75, 3.05) is 0 Å². The van der Waals surface area contributed by atoms with Gasteiger partial charge in [-0.05, 0) is 30.5 Å². The molecule has 0 saturated carbocycles. The average molecular weight is 270 g/mol. The fourth-order valence-corrected chi connectivity index (χ4v) is 2.58. The van der Waals surface area contributed by atoms with E-state index in [0.29, 0.717) is 17.1 Å². The molecule has 2 rings (SSSR count). The van der Waals surface area contributed by atoms with Crippen LogP contribution < -0.4 is 5.32 Å². The van der Waals surface area contributed by atoms with E-state index in [-0.39, 0.29) is 11.9 Å². The minimum atomic E-state index is -0.261. The Morgan fingerprint density at radius 1 is 1.35 bits per heavy atom. The van der Waals surface area contributed by atoms with Gasteiger partial charge in [0.2, 0.25) is 0 Å². The Morgan fingerprint density at radius 2 is 2.18 bits per heavy atom. The summed E-state index contributed by atoms with van der Waals surface area (Å²) in [5.74, 6) is -0.261. The maximum absolute atomic E-state index is 13.5. The van der Waals surface area contributed by atoms with Gasteiger partial charge < -0.3 is 5.32 Å². The summed E-state index contributed by atoms with van der Waals surface area (Å²) in [6.07, 6.45) is 0. The molecule has 90 valence electrons. The quantitative estimate of drug-likeness (QED) is 0.868. The molecule has 0 spiro atoms. The first-order chi connectivity index (χ1) is 8.18. The van der Waals surface area contributed by atoms with Gasteiger partial charge in [-0.15, -0.1) is 11.3 Å². The van der Waals surface area contributed by atoms with Crippen molar-refractivity contribution in [3.05, 3.63) is 57.0 Å². The predicted molar refractivity (Wildman–Crippen MR) is 71.0 cm³/mol. The van der Waals surface area contributed by atoms with Crippen molar-refractivity contribution in [3.63, 3.8) is 0 Å². The first-order valence-corrected chi connectivity index (χ1v) is 6.64. The number of rotatable bonds is 4. The van der Waals surface area contributed by atoms with E-state index in [4.69, 9.17) is 11.6 Å². The molecule has 2 aromatic rings. The zero-order valence-corrected chi connectivity index (χ0v) is 11.0. The maximum Gasteiger partial charge on any atom is 0.129 e. The van der Waals surface area contributed by atoms with Crippen molar-refractivity contribution in [3.8, 4) is 0 Å². The van der Waals surface area contributed by atoms with Crippen LogP contribution in [0, 0.1) is 5.82 Å². The summed E-state index contributed by atoms with van der Waals surface area (Å²) in [5, 5.41) is 5.77. The molecule has 1 aromatic carbocycles. The summed E-state index contributed by atoms with van der Waals surface area (Å²) in [6, 6.07) is 9.02. The summed E-state index contributed by atoms with van der Waals surface area (Å²) in [5.41, 5.74) is 0.526. The fraction of sp³-hybridized carbons (Fsp3) is 0.231. The number of halogens is 2. The normalized spacial score (nSPS) is 12.6. The number of hydrogen-bond donors (Lipinski definition) is 1. The van der Waals surface area contributed by atoms with Crippen LogP contribution in [0.5, 0.6) is 0 Å². The summed E-state index contributed by atoms with van der Waals surface area (Å²) >= 11 is 7.65. The lowest BCUT2D eigenvalue weighted by Crippen LogP contribution is -2.18. The van der Waals surface area contributed by atoms with E-state index in [1.54, 1.807) is 23.5 Å². The molecular formula is C13H13ClFNS. The minimum absolute atomic E-state index is 0.200. The van der Waals surface area contributed by atoms with E-state index in [9.17, 15) is 4.39 Å². The lowest BCUT2D eigenvalue weighted by molar-refractivity contribution is 0.549. The van der Waals surface area contributed by atoms with Crippen LogP contribution in [0.1, 0.15) is 23.4 Å². The van der Waals surface area contributed by atoms with E-state index < -0.39 is 0 Å². The molecule has 0 aliphatic carbocycles. The van der Waals surface area contributed by atoms with Crippen LogP contribution in [-0.2, 0) is 6.54 Å². The molecule has 0 fully saturated rings. The second-order valence-corrected chi connectivity index (χ2v) is 5.20. The van der Waals surface area contributed by atoms with Crippen LogP contribution in [0.4, 0.5) is 4.39 Å². The van der Waals surface area contributed by atoms with E-state index in [1.807, 2.05) is 11.4 Å². The summed E-state index contributed by atoms with van der Waals surface area (Å²) < 4.78 is 13.5. The van der Waals surface area contributed by atoms with Crippen molar-refractivity contribution in [2.24, 2.45) is 0 Å². The van der Waals surface area contributed by atoms with Crippen LogP contribution in [-0.4, -0.2) is 0 Å². The van der Waals surface area contributed by atoms with Gasteiger partial charge in [0, 0.05) is 28.0 Å². The second kappa shape index (κ2) is 5.63. The highest BCUT2D eigenvalue weighted by molar-refractivity contribution is 7.10. The number of benzene rings is 1. The molecule has 1 atom stereocenters. The monoisotopic (exact) mass is 269 g/mol. The molecular weight excluding hydrogens is 257 g/mol. The molecule has 1 aromatic heterocycles. The largest absolute Gasteiger partial charge is 0.305 e. The summed E-state index contributed by atoms with van der Waals surface area (Å²) in [4.78, 5) is 1.23. The van der Waals surface area contributed by atoms with Gasteiger partial charge in [-0.1, -0.05) is 23.7 Å². The highest BCUT2D eigenvalue weighted by Crippen LogP contribution is 2.22. The van der Waals surface area contributed by atoms with Crippen LogP contribution in [0.25, 0.3) is 0 Å². The van der Waals surface area contributed by atoms with Gasteiger partial charge in [0.15, 0.2) is 0 Å². The predicted octanol–water partition coefficient (Wildman–Crippen LogP) is 4.39. The molecule has 4 heteroatoms. The van der Waals surface area contributed by atoms with Gasteiger partial charge in [-0.25, -0.2) is 4.39 Å². The van der Waals surface area contributed by atoms with Gasteiger partial charge in [-0.2, -0.15) is 0 Å². The lowest BCUT2D eigenvalue weighted by atomic mass is 10.2. The zero-order valence-electron chi connectivity index (χ0n) is 9.41. The third-order valence-electron chi connectivity index (χ3n) is 2.62. The zero-order chi connectivity index (χ0) is 12.3. The first-order valence-electron chi connectivity index (χ1n) is 5.38. The Labute approximate surface area is 109 Å². The standard InChI is InChI=1S/C13H13ClFNS/c1-9(13-6-3-7-17-13)16-8-10-11(14)4-2-5-12(10)15/h2-7,9,16H,8H2,1H3. The van der Waals surface area contributed by atoms with Crippen LogP contribution in [0.2, 0.25) is 5.02 Å². The van der Waals surface area contributed by atoms with Crippen molar-refractivity contribution in [2.45, 2.75) is 19.5 Å². The van der Waals surface area contributed by atoms with E-state index in [2.05, 4.69) is 18.3 Å². The second-order valence-electron chi connectivity index (χ2n) is 3.82. The van der Waals surface area contributed by atoms with Crippen molar-refractivity contribution < 1.29 is 4.39 Å². The third kappa shape index (κ3) is 3.06. The highest BCUT2D eigenvalue weighted by atomic mass is 35.5. The van der Waals surface area contributed by atoms with Gasteiger partial charge in [-0.3, -0.25) is 0 Å². The van der Waals surface area contributed by atoms with Crippen LogP contribution >= 0.6 is 22.9 Å². The molecule has 1 nitrogen and oxygen atoms in total. The molecule has 0 bridgehead atoms. The van der Waals surface area contributed by atoms with Crippen LogP contribution in [0.3, 0.4) is 0 Å². The SMILES string of the molecule is CC(NCc1c(F)cccc1Cl)c1cccs1.